The van der Waals surface area contributed by atoms with E-state index < -0.39 is 0 Å². The second-order valence-electron chi connectivity index (χ2n) is 4.96. The van der Waals surface area contributed by atoms with E-state index in [4.69, 9.17) is 5.73 Å². The number of nitrogens with two attached hydrogens (primary N) is 1. The summed E-state index contributed by atoms with van der Waals surface area (Å²) in [6.45, 7) is 0.612. The average Bonchev–Trinajstić information content (AvgIpc) is 3.12. The van der Waals surface area contributed by atoms with Gasteiger partial charge in [0.1, 0.15) is 5.82 Å². The predicted molar refractivity (Wildman–Crippen MR) is 62.9 cm³/mol. The van der Waals surface area contributed by atoms with Crippen molar-refractivity contribution in [2.45, 2.75) is 31.2 Å². The Kier molecular flexibility index (Phi) is 2.36. The normalized spacial score (nSPS) is 28.4. The van der Waals surface area contributed by atoms with Crippen molar-refractivity contribution in [1.29, 1.82) is 0 Å². The number of anilines is 1. The van der Waals surface area contributed by atoms with Crippen molar-refractivity contribution in [2.24, 2.45) is 11.7 Å². The predicted octanol–water partition coefficient (Wildman–Crippen LogP) is 2.46. The van der Waals surface area contributed by atoms with Crippen LogP contribution in [0.2, 0.25) is 0 Å². The third-order valence-electron chi connectivity index (χ3n) is 3.83. The van der Waals surface area contributed by atoms with Crippen LogP contribution in [0.4, 0.5) is 10.1 Å². The second kappa shape index (κ2) is 3.74. The van der Waals surface area contributed by atoms with Gasteiger partial charge in [-0.1, -0.05) is 12.1 Å². The SMILES string of the molecule is NCC1CC(C2CC2)Nc2c(F)cccc21. The van der Waals surface area contributed by atoms with Crippen LogP contribution in [0.1, 0.15) is 30.7 Å². The summed E-state index contributed by atoms with van der Waals surface area (Å²) in [6, 6.07) is 5.72. The summed E-state index contributed by atoms with van der Waals surface area (Å²) in [5, 5.41) is 3.36. The third-order valence-corrected chi connectivity index (χ3v) is 3.83. The molecule has 0 spiro atoms. The van der Waals surface area contributed by atoms with Crippen LogP contribution in [0.25, 0.3) is 0 Å². The third kappa shape index (κ3) is 1.59. The van der Waals surface area contributed by atoms with Crippen LogP contribution in [0.15, 0.2) is 18.2 Å². The van der Waals surface area contributed by atoms with Crippen LogP contribution in [-0.4, -0.2) is 12.6 Å². The number of nitrogens with one attached hydrogen (secondary N) is 1. The Morgan fingerprint density at radius 1 is 1.38 bits per heavy atom. The fourth-order valence-corrected chi connectivity index (χ4v) is 2.74. The molecule has 1 saturated carbocycles. The zero-order chi connectivity index (χ0) is 11.1. The minimum Gasteiger partial charge on any atom is -0.379 e. The first-order valence-electron chi connectivity index (χ1n) is 6.04. The van der Waals surface area contributed by atoms with Crippen molar-refractivity contribution in [3.05, 3.63) is 29.6 Å². The summed E-state index contributed by atoms with van der Waals surface area (Å²) in [4.78, 5) is 0. The van der Waals surface area contributed by atoms with E-state index in [0.29, 0.717) is 24.2 Å². The monoisotopic (exact) mass is 220 g/mol. The first-order chi connectivity index (χ1) is 7.79. The summed E-state index contributed by atoms with van der Waals surface area (Å²) in [7, 11) is 0. The van der Waals surface area contributed by atoms with Gasteiger partial charge in [-0.05, 0) is 43.4 Å². The minimum absolute atomic E-state index is 0.138. The molecule has 1 fully saturated rings. The van der Waals surface area contributed by atoms with E-state index in [2.05, 4.69) is 5.32 Å². The molecule has 3 rings (SSSR count). The second-order valence-corrected chi connectivity index (χ2v) is 4.96. The molecular weight excluding hydrogens is 203 g/mol. The molecule has 3 heteroatoms. The number of hydrogen-bond acceptors (Lipinski definition) is 2. The van der Waals surface area contributed by atoms with Gasteiger partial charge in [-0.2, -0.15) is 0 Å². The minimum atomic E-state index is -0.138. The maximum absolute atomic E-state index is 13.7. The molecule has 2 aliphatic rings. The lowest BCUT2D eigenvalue weighted by atomic mass is 9.85. The number of hydrogen-bond donors (Lipinski definition) is 2. The van der Waals surface area contributed by atoms with Gasteiger partial charge >= 0.3 is 0 Å². The van der Waals surface area contributed by atoms with Gasteiger partial charge in [0.2, 0.25) is 0 Å². The summed E-state index contributed by atoms with van der Waals surface area (Å²) in [5.74, 6) is 0.917. The standard InChI is InChI=1S/C13H17FN2/c14-11-3-1-2-10-9(7-15)6-12(8-4-5-8)16-13(10)11/h1-3,8-9,12,16H,4-7,15H2. The van der Waals surface area contributed by atoms with Gasteiger partial charge in [0, 0.05) is 12.0 Å². The molecule has 1 aromatic rings. The molecule has 2 atom stereocenters. The molecule has 0 aromatic heterocycles. The Hall–Kier alpha value is -1.09. The first-order valence-corrected chi connectivity index (χ1v) is 6.04. The Bertz CT molecular complexity index is 401. The highest BCUT2D eigenvalue weighted by Gasteiger charge is 2.37. The van der Waals surface area contributed by atoms with Crippen LogP contribution in [0, 0.1) is 11.7 Å². The lowest BCUT2D eigenvalue weighted by Gasteiger charge is -2.33. The summed E-state index contributed by atoms with van der Waals surface area (Å²) in [5.41, 5.74) is 7.55. The molecule has 1 aliphatic heterocycles. The van der Waals surface area contributed by atoms with Crippen molar-refractivity contribution in [1.82, 2.24) is 0 Å². The van der Waals surface area contributed by atoms with E-state index in [1.807, 2.05) is 6.07 Å². The Morgan fingerprint density at radius 3 is 2.88 bits per heavy atom. The number of halogens is 1. The summed E-state index contributed by atoms with van der Waals surface area (Å²) < 4.78 is 13.7. The highest BCUT2D eigenvalue weighted by molar-refractivity contribution is 5.57. The summed E-state index contributed by atoms with van der Waals surface area (Å²) in [6.07, 6.45) is 3.61. The fourth-order valence-electron chi connectivity index (χ4n) is 2.74. The Labute approximate surface area is 95.0 Å². The maximum atomic E-state index is 13.7. The first kappa shape index (κ1) is 10.1. The lowest BCUT2D eigenvalue weighted by Crippen LogP contribution is -2.33. The van der Waals surface area contributed by atoms with Crippen LogP contribution in [0.3, 0.4) is 0 Å². The molecule has 3 N–H and O–H groups in total. The molecule has 1 aliphatic carbocycles. The zero-order valence-corrected chi connectivity index (χ0v) is 9.25. The van der Waals surface area contributed by atoms with Gasteiger partial charge in [-0.3, -0.25) is 0 Å². The van der Waals surface area contributed by atoms with Gasteiger partial charge in [0.15, 0.2) is 0 Å². The van der Waals surface area contributed by atoms with Gasteiger partial charge < -0.3 is 11.1 Å². The number of benzene rings is 1. The van der Waals surface area contributed by atoms with Crippen molar-refractivity contribution in [2.75, 3.05) is 11.9 Å². The van der Waals surface area contributed by atoms with Gasteiger partial charge in [0.05, 0.1) is 5.69 Å². The largest absolute Gasteiger partial charge is 0.379 e. The molecular formula is C13H17FN2. The number of para-hydroxylation sites is 1. The molecule has 16 heavy (non-hydrogen) atoms. The molecule has 1 aromatic carbocycles. The topological polar surface area (TPSA) is 38.0 Å². The smallest absolute Gasteiger partial charge is 0.146 e. The van der Waals surface area contributed by atoms with Crippen LogP contribution in [0.5, 0.6) is 0 Å². The quantitative estimate of drug-likeness (QED) is 0.803. The van der Waals surface area contributed by atoms with Crippen molar-refractivity contribution in [3.63, 3.8) is 0 Å². The lowest BCUT2D eigenvalue weighted by molar-refractivity contribution is 0.488. The zero-order valence-electron chi connectivity index (χ0n) is 9.25. The van der Waals surface area contributed by atoms with Gasteiger partial charge in [-0.25, -0.2) is 4.39 Å². The highest BCUT2D eigenvalue weighted by atomic mass is 19.1. The van der Waals surface area contributed by atoms with Crippen LogP contribution >= 0.6 is 0 Å². The van der Waals surface area contributed by atoms with Crippen LogP contribution in [-0.2, 0) is 0 Å². The Balaban J connectivity index is 1.97. The highest BCUT2D eigenvalue weighted by Crippen LogP contribution is 2.43. The van der Waals surface area contributed by atoms with E-state index >= 15 is 0 Å². The molecule has 2 nitrogen and oxygen atoms in total. The van der Waals surface area contributed by atoms with E-state index in [1.165, 1.54) is 18.9 Å². The molecule has 86 valence electrons. The van der Waals surface area contributed by atoms with E-state index in [0.717, 1.165) is 17.9 Å². The van der Waals surface area contributed by atoms with Crippen LogP contribution < -0.4 is 11.1 Å². The van der Waals surface area contributed by atoms with E-state index in [9.17, 15) is 4.39 Å². The summed E-state index contributed by atoms with van der Waals surface area (Å²) >= 11 is 0. The molecule has 0 saturated heterocycles. The number of fused-ring (bicyclic) bond motifs is 1. The molecule has 0 amide bonds. The van der Waals surface area contributed by atoms with Crippen molar-refractivity contribution in [3.8, 4) is 0 Å². The maximum Gasteiger partial charge on any atom is 0.146 e. The molecule has 2 unspecified atom stereocenters. The van der Waals surface area contributed by atoms with Crippen molar-refractivity contribution < 1.29 is 4.39 Å². The van der Waals surface area contributed by atoms with Gasteiger partial charge in [-0.15, -0.1) is 0 Å². The number of rotatable bonds is 2. The van der Waals surface area contributed by atoms with E-state index in [1.54, 1.807) is 6.07 Å². The molecule has 0 bridgehead atoms. The molecule has 0 radical (unpaired) electrons. The average molecular weight is 220 g/mol. The van der Waals surface area contributed by atoms with Crippen molar-refractivity contribution >= 4 is 5.69 Å². The molecule has 1 heterocycles. The van der Waals surface area contributed by atoms with E-state index in [-0.39, 0.29) is 5.82 Å². The van der Waals surface area contributed by atoms with Gasteiger partial charge in [0.25, 0.3) is 0 Å². The fraction of sp³-hybridized carbons (Fsp3) is 0.538. The Morgan fingerprint density at radius 2 is 2.19 bits per heavy atom.